The Morgan fingerprint density at radius 3 is 2.56 bits per heavy atom. The van der Waals surface area contributed by atoms with Crippen molar-refractivity contribution in [3.05, 3.63) is 30.1 Å². The van der Waals surface area contributed by atoms with Crippen LogP contribution >= 0.6 is 0 Å². The highest BCUT2D eigenvalue weighted by Gasteiger charge is 2.23. The molecule has 2 rings (SSSR count). The van der Waals surface area contributed by atoms with Crippen LogP contribution in [-0.4, -0.2) is 69.9 Å². The van der Waals surface area contributed by atoms with Crippen LogP contribution in [0.2, 0.25) is 0 Å². The Morgan fingerprint density at radius 2 is 1.93 bits per heavy atom. The molecule has 152 valence electrons. The molecule has 1 atom stereocenters. The van der Waals surface area contributed by atoms with Gasteiger partial charge in [0.25, 0.3) is 0 Å². The number of morpholine rings is 1. The van der Waals surface area contributed by atoms with Crippen molar-refractivity contribution >= 4 is 5.96 Å². The lowest BCUT2D eigenvalue weighted by molar-refractivity contribution is 0.00752. The van der Waals surface area contributed by atoms with Gasteiger partial charge in [-0.2, -0.15) is 0 Å². The molecule has 1 aromatic carbocycles. The molecule has 1 heterocycles. The maximum atomic E-state index is 12.9. The lowest BCUT2D eigenvalue weighted by Crippen LogP contribution is -2.52. The Labute approximate surface area is 162 Å². The molecule has 1 unspecified atom stereocenters. The molecule has 0 aromatic heterocycles. The first-order chi connectivity index (χ1) is 13.1. The van der Waals surface area contributed by atoms with Gasteiger partial charge in [-0.3, -0.25) is 9.89 Å². The monoisotopic (exact) mass is 380 g/mol. The van der Waals surface area contributed by atoms with E-state index in [1.807, 2.05) is 0 Å². The van der Waals surface area contributed by atoms with Crippen molar-refractivity contribution in [2.45, 2.75) is 26.3 Å². The first-order valence-electron chi connectivity index (χ1n) is 9.75. The number of benzene rings is 1. The molecule has 0 spiro atoms. The van der Waals surface area contributed by atoms with Crippen molar-refractivity contribution in [2.24, 2.45) is 10.9 Å². The third kappa shape index (κ3) is 7.72. The van der Waals surface area contributed by atoms with Crippen LogP contribution in [0.1, 0.15) is 20.3 Å². The number of hydrogen-bond acceptors (Lipinski definition) is 4. The van der Waals surface area contributed by atoms with Crippen LogP contribution in [0.4, 0.5) is 4.39 Å². The van der Waals surface area contributed by atoms with Gasteiger partial charge in [0.1, 0.15) is 11.6 Å². The first kappa shape index (κ1) is 21.4. The standard InChI is InChI=1S/C20H33FN4O2/c1-16(2)19(25-10-13-26-14-11-25)15-24-20(22-3)23-9-4-12-27-18-7-5-17(21)6-8-18/h5-8,16,19H,4,9-15H2,1-3H3,(H2,22,23,24). The fourth-order valence-electron chi connectivity index (χ4n) is 3.12. The largest absolute Gasteiger partial charge is 0.494 e. The second-order valence-corrected chi connectivity index (χ2v) is 7.00. The molecule has 7 heteroatoms. The van der Waals surface area contributed by atoms with E-state index in [1.54, 1.807) is 19.2 Å². The van der Waals surface area contributed by atoms with Gasteiger partial charge < -0.3 is 20.1 Å². The Bertz CT molecular complexity index is 560. The summed E-state index contributed by atoms with van der Waals surface area (Å²) in [5.74, 6) is 1.79. The van der Waals surface area contributed by atoms with Crippen LogP contribution in [0.25, 0.3) is 0 Å². The second-order valence-electron chi connectivity index (χ2n) is 7.00. The predicted octanol–water partition coefficient (Wildman–Crippen LogP) is 2.12. The number of nitrogens with zero attached hydrogens (tertiary/aromatic N) is 2. The van der Waals surface area contributed by atoms with Crippen molar-refractivity contribution in [1.82, 2.24) is 15.5 Å². The molecule has 0 radical (unpaired) electrons. The quantitative estimate of drug-likeness (QED) is 0.390. The molecule has 1 aromatic rings. The normalized spacial score (nSPS) is 17.0. The molecule has 1 aliphatic rings. The Kier molecular flexibility index (Phi) is 9.35. The number of guanidine groups is 1. The molecular weight excluding hydrogens is 347 g/mol. The summed E-state index contributed by atoms with van der Waals surface area (Å²) in [5, 5.41) is 6.75. The van der Waals surface area contributed by atoms with E-state index >= 15 is 0 Å². The van der Waals surface area contributed by atoms with Crippen molar-refractivity contribution < 1.29 is 13.9 Å². The summed E-state index contributed by atoms with van der Waals surface area (Å²) in [6.45, 7) is 10.3. The van der Waals surface area contributed by atoms with Crippen LogP contribution in [-0.2, 0) is 4.74 Å². The van der Waals surface area contributed by atoms with E-state index in [4.69, 9.17) is 9.47 Å². The zero-order valence-electron chi connectivity index (χ0n) is 16.7. The second kappa shape index (κ2) is 11.8. The van der Waals surface area contributed by atoms with Gasteiger partial charge in [0, 0.05) is 39.3 Å². The van der Waals surface area contributed by atoms with Crippen LogP contribution in [0.3, 0.4) is 0 Å². The van der Waals surface area contributed by atoms with Gasteiger partial charge >= 0.3 is 0 Å². The van der Waals surface area contributed by atoms with Crippen molar-refractivity contribution in [1.29, 1.82) is 0 Å². The molecule has 0 bridgehead atoms. The maximum absolute atomic E-state index is 12.9. The van der Waals surface area contributed by atoms with E-state index in [1.165, 1.54) is 12.1 Å². The number of halogens is 1. The fraction of sp³-hybridized carbons (Fsp3) is 0.650. The summed E-state index contributed by atoms with van der Waals surface area (Å²) in [6, 6.07) is 6.54. The number of ether oxygens (including phenoxy) is 2. The van der Waals surface area contributed by atoms with E-state index in [0.717, 1.165) is 51.8 Å². The predicted molar refractivity (Wildman–Crippen MR) is 107 cm³/mol. The average molecular weight is 381 g/mol. The molecule has 0 aliphatic carbocycles. The van der Waals surface area contributed by atoms with Gasteiger partial charge in [-0.25, -0.2) is 4.39 Å². The molecule has 1 aliphatic heterocycles. The van der Waals surface area contributed by atoms with Crippen molar-refractivity contribution in [3.8, 4) is 5.75 Å². The van der Waals surface area contributed by atoms with Gasteiger partial charge in [0.2, 0.25) is 0 Å². The summed E-state index contributed by atoms with van der Waals surface area (Å²) in [7, 11) is 1.78. The van der Waals surface area contributed by atoms with Gasteiger partial charge in [0.15, 0.2) is 5.96 Å². The Morgan fingerprint density at radius 1 is 1.22 bits per heavy atom. The highest BCUT2D eigenvalue weighted by molar-refractivity contribution is 5.79. The van der Waals surface area contributed by atoms with Gasteiger partial charge in [-0.15, -0.1) is 0 Å². The van der Waals surface area contributed by atoms with Crippen molar-refractivity contribution in [2.75, 3.05) is 53.0 Å². The maximum Gasteiger partial charge on any atom is 0.191 e. The summed E-state index contributed by atoms with van der Waals surface area (Å²) in [6.07, 6.45) is 0.829. The number of rotatable bonds is 9. The lowest BCUT2D eigenvalue weighted by atomic mass is 10.0. The highest BCUT2D eigenvalue weighted by atomic mass is 19.1. The minimum atomic E-state index is -0.254. The summed E-state index contributed by atoms with van der Waals surface area (Å²) < 4.78 is 23.9. The number of hydrogen-bond donors (Lipinski definition) is 2. The van der Waals surface area contributed by atoms with Gasteiger partial charge in [0.05, 0.1) is 19.8 Å². The Balaban J connectivity index is 1.66. The van der Waals surface area contributed by atoms with Crippen LogP contribution in [0, 0.1) is 11.7 Å². The highest BCUT2D eigenvalue weighted by Crippen LogP contribution is 2.12. The van der Waals surface area contributed by atoms with E-state index < -0.39 is 0 Å². The summed E-state index contributed by atoms with van der Waals surface area (Å²) in [4.78, 5) is 6.79. The fourth-order valence-corrected chi connectivity index (χ4v) is 3.12. The third-order valence-electron chi connectivity index (χ3n) is 4.68. The van der Waals surface area contributed by atoms with Crippen molar-refractivity contribution in [3.63, 3.8) is 0 Å². The van der Waals surface area contributed by atoms with Crippen LogP contribution < -0.4 is 15.4 Å². The zero-order chi connectivity index (χ0) is 19.5. The van der Waals surface area contributed by atoms with E-state index in [0.29, 0.717) is 24.3 Å². The topological polar surface area (TPSA) is 58.1 Å². The van der Waals surface area contributed by atoms with E-state index in [-0.39, 0.29) is 5.82 Å². The lowest BCUT2D eigenvalue weighted by Gasteiger charge is -2.37. The number of aliphatic imine (C=N–C) groups is 1. The molecule has 0 saturated carbocycles. The molecule has 1 fully saturated rings. The molecule has 6 nitrogen and oxygen atoms in total. The molecular formula is C20H33FN4O2. The van der Waals surface area contributed by atoms with Crippen LogP contribution in [0.5, 0.6) is 5.75 Å². The van der Waals surface area contributed by atoms with E-state index in [2.05, 4.69) is 34.4 Å². The van der Waals surface area contributed by atoms with Crippen LogP contribution in [0.15, 0.2) is 29.3 Å². The summed E-state index contributed by atoms with van der Waals surface area (Å²) in [5.41, 5.74) is 0. The molecule has 2 N–H and O–H groups in total. The SMILES string of the molecule is CN=C(NCCCOc1ccc(F)cc1)NCC(C(C)C)N1CCOCC1. The smallest absolute Gasteiger partial charge is 0.191 e. The molecule has 1 saturated heterocycles. The Hall–Kier alpha value is -1.86. The minimum Gasteiger partial charge on any atom is -0.494 e. The van der Waals surface area contributed by atoms with E-state index in [9.17, 15) is 4.39 Å². The summed E-state index contributed by atoms with van der Waals surface area (Å²) >= 11 is 0. The average Bonchev–Trinajstić information content (AvgIpc) is 2.68. The zero-order valence-corrected chi connectivity index (χ0v) is 16.7. The minimum absolute atomic E-state index is 0.254. The number of nitrogens with one attached hydrogen (secondary N) is 2. The molecule has 27 heavy (non-hydrogen) atoms. The molecule has 0 amide bonds. The van der Waals surface area contributed by atoms with Gasteiger partial charge in [-0.05, 0) is 36.6 Å². The van der Waals surface area contributed by atoms with Gasteiger partial charge in [-0.1, -0.05) is 13.8 Å². The first-order valence-corrected chi connectivity index (χ1v) is 9.75. The third-order valence-corrected chi connectivity index (χ3v) is 4.68.